The van der Waals surface area contributed by atoms with Crippen molar-refractivity contribution in [3.05, 3.63) is 42.1 Å². The Labute approximate surface area is 127 Å². The summed E-state index contributed by atoms with van der Waals surface area (Å²) in [6.07, 6.45) is 1.54. The van der Waals surface area contributed by atoms with Crippen LogP contribution in [0, 0.1) is 0 Å². The average molecular weight is 302 g/mol. The molecule has 1 amide bonds. The number of aromatic nitrogens is 2. The summed E-state index contributed by atoms with van der Waals surface area (Å²) in [6, 6.07) is 8.36. The molecule has 2 aromatic rings. The zero-order valence-corrected chi connectivity index (χ0v) is 12.4. The van der Waals surface area contributed by atoms with E-state index < -0.39 is 11.5 Å². The fraction of sp³-hybridized carbons (Fsp3) is 0.267. The van der Waals surface area contributed by atoms with Crippen molar-refractivity contribution in [1.82, 2.24) is 9.78 Å². The molecule has 0 aliphatic heterocycles. The summed E-state index contributed by atoms with van der Waals surface area (Å²) < 4.78 is 1.48. The molecule has 0 unspecified atom stereocenters. The van der Waals surface area contributed by atoms with E-state index in [1.165, 1.54) is 4.68 Å². The number of carboxylic acid groups (broad SMARTS) is 1. The first kappa shape index (κ1) is 15.6. The van der Waals surface area contributed by atoms with Crippen molar-refractivity contribution in [3.8, 4) is 0 Å². The number of hydrogen-bond acceptors (Lipinski definition) is 4. The van der Waals surface area contributed by atoms with E-state index in [2.05, 4.69) is 10.4 Å². The summed E-state index contributed by atoms with van der Waals surface area (Å²) in [5.41, 5.74) is 5.80. The number of nitrogens with two attached hydrogens (primary N) is 1. The summed E-state index contributed by atoms with van der Waals surface area (Å²) in [6.45, 7) is 3.44. The molecule has 0 aliphatic carbocycles. The standard InChI is InChI=1S/C15H18N4O3/c1-15(2,19-7-6-12(16)18-19)14(22)17-11-5-3-4-10(8-11)9-13(20)21/h3-8H,9H2,1-2H3,(H2,16,18)(H,17,22)(H,20,21). The molecule has 7 heteroatoms. The molecule has 0 bridgehead atoms. The second-order valence-corrected chi connectivity index (χ2v) is 5.47. The second kappa shape index (κ2) is 5.88. The topological polar surface area (TPSA) is 110 Å². The summed E-state index contributed by atoms with van der Waals surface area (Å²) in [4.78, 5) is 23.2. The van der Waals surface area contributed by atoms with E-state index in [0.29, 0.717) is 17.1 Å². The maximum absolute atomic E-state index is 12.4. The Morgan fingerprint density at radius 2 is 2.09 bits per heavy atom. The zero-order chi connectivity index (χ0) is 16.3. The van der Waals surface area contributed by atoms with E-state index in [1.54, 1.807) is 50.4 Å². The lowest BCUT2D eigenvalue weighted by Gasteiger charge is -2.24. The number of rotatable bonds is 5. The van der Waals surface area contributed by atoms with E-state index in [9.17, 15) is 9.59 Å². The lowest BCUT2D eigenvalue weighted by atomic mass is 10.0. The van der Waals surface area contributed by atoms with Gasteiger partial charge in [0.2, 0.25) is 0 Å². The lowest BCUT2D eigenvalue weighted by molar-refractivity contribution is -0.136. The van der Waals surface area contributed by atoms with Gasteiger partial charge in [-0.15, -0.1) is 0 Å². The molecular weight excluding hydrogens is 284 g/mol. The molecule has 0 saturated heterocycles. The third kappa shape index (κ3) is 3.43. The molecule has 116 valence electrons. The highest BCUT2D eigenvalue weighted by molar-refractivity contribution is 5.96. The summed E-state index contributed by atoms with van der Waals surface area (Å²) >= 11 is 0. The molecule has 0 spiro atoms. The highest BCUT2D eigenvalue weighted by atomic mass is 16.4. The van der Waals surface area contributed by atoms with Crippen LogP contribution in [0.3, 0.4) is 0 Å². The van der Waals surface area contributed by atoms with Crippen LogP contribution in [0.4, 0.5) is 11.5 Å². The Hall–Kier alpha value is -2.83. The fourth-order valence-electron chi connectivity index (χ4n) is 1.97. The average Bonchev–Trinajstić information content (AvgIpc) is 2.85. The van der Waals surface area contributed by atoms with Crippen LogP contribution in [0.25, 0.3) is 0 Å². The van der Waals surface area contributed by atoms with Gasteiger partial charge >= 0.3 is 5.97 Å². The molecule has 0 fully saturated rings. The van der Waals surface area contributed by atoms with Crippen molar-refractivity contribution in [1.29, 1.82) is 0 Å². The van der Waals surface area contributed by atoms with Crippen LogP contribution in [0.2, 0.25) is 0 Å². The molecule has 7 nitrogen and oxygen atoms in total. The Morgan fingerprint density at radius 3 is 2.68 bits per heavy atom. The van der Waals surface area contributed by atoms with Gasteiger partial charge in [0.1, 0.15) is 11.4 Å². The summed E-state index contributed by atoms with van der Waals surface area (Å²) in [5, 5.41) is 15.6. The molecule has 1 heterocycles. The van der Waals surface area contributed by atoms with Gasteiger partial charge in [0.15, 0.2) is 0 Å². The van der Waals surface area contributed by atoms with Gasteiger partial charge in [0, 0.05) is 11.9 Å². The monoisotopic (exact) mass is 302 g/mol. The predicted octanol–water partition coefficient (Wildman–Crippen LogP) is 1.47. The minimum Gasteiger partial charge on any atom is -0.481 e. The highest BCUT2D eigenvalue weighted by Gasteiger charge is 2.30. The van der Waals surface area contributed by atoms with Crippen molar-refractivity contribution in [2.45, 2.75) is 25.8 Å². The fourth-order valence-corrected chi connectivity index (χ4v) is 1.97. The summed E-state index contributed by atoms with van der Waals surface area (Å²) in [5.74, 6) is -0.858. The van der Waals surface area contributed by atoms with Gasteiger partial charge in [-0.1, -0.05) is 12.1 Å². The molecule has 4 N–H and O–H groups in total. The van der Waals surface area contributed by atoms with E-state index in [1.807, 2.05) is 0 Å². The van der Waals surface area contributed by atoms with Crippen molar-refractivity contribution < 1.29 is 14.7 Å². The number of carboxylic acids is 1. The van der Waals surface area contributed by atoms with Gasteiger partial charge in [-0.05, 0) is 37.6 Å². The Bertz CT molecular complexity index is 706. The number of nitrogens with one attached hydrogen (secondary N) is 1. The third-order valence-corrected chi connectivity index (χ3v) is 3.28. The normalized spacial score (nSPS) is 11.2. The molecular formula is C15H18N4O3. The first-order chi connectivity index (χ1) is 10.3. The number of nitrogens with zero attached hydrogens (tertiary/aromatic N) is 2. The highest BCUT2D eigenvalue weighted by Crippen LogP contribution is 2.19. The van der Waals surface area contributed by atoms with E-state index >= 15 is 0 Å². The number of anilines is 2. The number of amides is 1. The van der Waals surface area contributed by atoms with Gasteiger partial charge in [0.25, 0.3) is 5.91 Å². The smallest absolute Gasteiger partial charge is 0.307 e. The number of benzene rings is 1. The van der Waals surface area contributed by atoms with Crippen LogP contribution in [0.5, 0.6) is 0 Å². The number of hydrogen-bond donors (Lipinski definition) is 3. The van der Waals surface area contributed by atoms with Crippen molar-refractivity contribution in [2.24, 2.45) is 0 Å². The summed E-state index contributed by atoms with van der Waals surface area (Å²) in [7, 11) is 0. The maximum atomic E-state index is 12.4. The Balaban J connectivity index is 2.16. The zero-order valence-electron chi connectivity index (χ0n) is 12.4. The first-order valence-corrected chi connectivity index (χ1v) is 6.73. The number of carbonyl (C=O) groups excluding carboxylic acids is 1. The molecule has 0 saturated carbocycles. The van der Waals surface area contributed by atoms with E-state index in [-0.39, 0.29) is 12.3 Å². The SMILES string of the molecule is CC(C)(C(=O)Nc1cccc(CC(=O)O)c1)n1ccc(N)n1. The van der Waals surface area contributed by atoms with Gasteiger partial charge in [0.05, 0.1) is 6.42 Å². The Kier molecular flexibility index (Phi) is 4.16. The first-order valence-electron chi connectivity index (χ1n) is 6.73. The van der Waals surface area contributed by atoms with Gasteiger partial charge in [-0.25, -0.2) is 0 Å². The van der Waals surface area contributed by atoms with Crippen LogP contribution in [-0.4, -0.2) is 26.8 Å². The van der Waals surface area contributed by atoms with Crippen LogP contribution < -0.4 is 11.1 Å². The third-order valence-electron chi connectivity index (χ3n) is 3.28. The molecule has 2 rings (SSSR count). The lowest BCUT2D eigenvalue weighted by Crippen LogP contribution is -2.40. The quantitative estimate of drug-likeness (QED) is 0.774. The molecule has 22 heavy (non-hydrogen) atoms. The van der Waals surface area contributed by atoms with Gasteiger partial charge < -0.3 is 16.2 Å². The molecule has 1 aromatic heterocycles. The van der Waals surface area contributed by atoms with E-state index in [4.69, 9.17) is 10.8 Å². The van der Waals surface area contributed by atoms with E-state index in [0.717, 1.165) is 0 Å². The van der Waals surface area contributed by atoms with Crippen LogP contribution in [0.1, 0.15) is 19.4 Å². The maximum Gasteiger partial charge on any atom is 0.307 e. The van der Waals surface area contributed by atoms with Crippen LogP contribution in [0.15, 0.2) is 36.5 Å². The second-order valence-electron chi connectivity index (χ2n) is 5.47. The largest absolute Gasteiger partial charge is 0.481 e. The van der Waals surface area contributed by atoms with Crippen molar-refractivity contribution in [3.63, 3.8) is 0 Å². The molecule has 0 aliphatic rings. The van der Waals surface area contributed by atoms with Crippen LogP contribution in [-0.2, 0) is 21.5 Å². The number of nitrogen functional groups attached to an aromatic ring is 1. The molecule has 1 aromatic carbocycles. The number of aliphatic carboxylic acids is 1. The number of carbonyl (C=O) groups is 2. The molecule has 0 radical (unpaired) electrons. The molecule has 0 atom stereocenters. The minimum atomic E-state index is -0.930. The van der Waals surface area contributed by atoms with Gasteiger partial charge in [-0.3, -0.25) is 14.3 Å². The predicted molar refractivity (Wildman–Crippen MR) is 82.4 cm³/mol. The van der Waals surface area contributed by atoms with Crippen molar-refractivity contribution in [2.75, 3.05) is 11.1 Å². The van der Waals surface area contributed by atoms with Crippen LogP contribution >= 0.6 is 0 Å². The van der Waals surface area contributed by atoms with Gasteiger partial charge in [-0.2, -0.15) is 5.10 Å². The minimum absolute atomic E-state index is 0.0945. The Morgan fingerprint density at radius 1 is 1.36 bits per heavy atom. The van der Waals surface area contributed by atoms with Crippen molar-refractivity contribution >= 4 is 23.4 Å².